The molecule has 0 aliphatic carbocycles. The first-order valence-electron chi connectivity index (χ1n) is 8.49. The van der Waals surface area contributed by atoms with Gasteiger partial charge in [0, 0.05) is 5.69 Å². The van der Waals surface area contributed by atoms with Crippen LogP contribution in [0.25, 0.3) is 0 Å². The van der Waals surface area contributed by atoms with Crippen LogP contribution in [0.1, 0.15) is 11.1 Å². The van der Waals surface area contributed by atoms with Crippen LogP contribution in [0.4, 0.5) is 28.4 Å². The Kier molecular flexibility index (Phi) is 5.56. The minimum absolute atomic E-state index is 0.698. The lowest BCUT2D eigenvalue weighted by Crippen LogP contribution is -1.88. The first-order valence-corrected chi connectivity index (χ1v) is 8.49. The molecule has 6 nitrogen and oxygen atoms in total. The summed E-state index contributed by atoms with van der Waals surface area (Å²) in [6, 6.07) is 18.6. The van der Waals surface area contributed by atoms with E-state index in [1.165, 1.54) is 0 Å². The van der Waals surface area contributed by atoms with E-state index in [-0.39, 0.29) is 0 Å². The topological polar surface area (TPSA) is 84.7 Å². The van der Waals surface area contributed by atoms with E-state index in [9.17, 15) is 0 Å². The van der Waals surface area contributed by atoms with Gasteiger partial charge in [-0.3, -0.25) is 0 Å². The lowest BCUT2D eigenvalue weighted by Gasteiger charge is -2.08. The van der Waals surface area contributed by atoms with Crippen LogP contribution in [0, 0.1) is 13.8 Å². The van der Waals surface area contributed by atoms with Crippen LogP contribution >= 0.6 is 0 Å². The second-order valence-electron chi connectivity index (χ2n) is 6.14. The molecule has 0 bridgehead atoms. The molecule has 2 N–H and O–H groups in total. The molecule has 0 saturated carbocycles. The van der Waals surface area contributed by atoms with Crippen molar-refractivity contribution in [1.29, 1.82) is 0 Å². The number of anilines is 1. The Bertz CT molecular complexity index is 977. The average molecular weight is 359 g/mol. The van der Waals surface area contributed by atoms with Crippen LogP contribution in [-0.4, -0.2) is 7.11 Å². The van der Waals surface area contributed by atoms with E-state index in [2.05, 4.69) is 26.5 Å². The fraction of sp³-hybridized carbons (Fsp3) is 0.143. The molecule has 27 heavy (non-hydrogen) atoms. The van der Waals surface area contributed by atoms with Crippen LogP contribution in [-0.2, 0) is 0 Å². The number of nitrogens with zero attached hydrogens (tertiary/aromatic N) is 4. The van der Waals surface area contributed by atoms with Crippen molar-refractivity contribution in [2.24, 2.45) is 20.5 Å². The Morgan fingerprint density at radius 1 is 0.704 bits per heavy atom. The van der Waals surface area contributed by atoms with Crippen molar-refractivity contribution in [2.45, 2.75) is 13.8 Å². The Morgan fingerprint density at radius 2 is 1.19 bits per heavy atom. The summed E-state index contributed by atoms with van der Waals surface area (Å²) in [6.45, 7) is 4.01. The molecule has 0 radical (unpaired) electrons. The number of rotatable bonds is 5. The van der Waals surface area contributed by atoms with Gasteiger partial charge in [-0.1, -0.05) is 6.07 Å². The molecule has 3 aromatic carbocycles. The average Bonchev–Trinajstić information content (AvgIpc) is 2.66. The third kappa shape index (κ3) is 4.76. The Labute approximate surface area is 158 Å². The molecule has 0 amide bonds. The van der Waals surface area contributed by atoms with Gasteiger partial charge in [0.15, 0.2) is 0 Å². The number of aryl methyl sites for hydroxylation is 2. The SMILES string of the molecule is COc1c(C)cc(C)cc1N=Nc1ccc(N=Nc2ccc(N)cc2)cc1. The first-order chi connectivity index (χ1) is 13.0. The lowest BCUT2D eigenvalue weighted by atomic mass is 10.1. The lowest BCUT2D eigenvalue weighted by molar-refractivity contribution is 0.412. The molecule has 0 aliphatic heterocycles. The molecule has 0 saturated heterocycles. The molecular formula is C21H21N5O. The van der Waals surface area contributed by atoms with Gasteiger partial charge in [0.2, 0.25) is 0 Å². The fourth-order valence-corrected chi connectivity index (χ4v) is 2.63. The predicted molar refractivity (Wildman–Crippen MR) is 108 cm³/mol. The fourth-order valence-electron chi connectivity index (χ4n) is 2.63. The number of ether oxygens (including phenoxy) is 1. The summed E-state index contributed by atoms with van der Waals surface area (Å²) in [4.78, 5) is 0. The van der Waals surface area contributed by atoms with Crippen molar-refractivity contribution in [3.05, 3.63) is 71.8 Å². The minimum atomic E-state index is 0.698. The molecule has 3 aromatic rings. The molecule has 6 heteroatoms. The quantitative estimate of drug-likeness (QED) is 0.405. The maximum absolute atomic E-state index is 5.66. The van der Waals surface area contributed by atoms with Crippen LogP contribution in [0.3, 0.4) is 0 Å². The highest BCUT2D eigenvalue weighted by atomic mass is 16.5. The zero-order valence-electron chi connectivity index (χ0n) is 15.5. The predicted octanol–water partition coefficient (Wildman–Crippen LogP) is 6.73. The van der Waals surface area contributed by atoms with Gasteiger partial charge < -0.3 is 10.5 Å². The zero-order chi connectivity index (χ0) is 19.2. The third-order valence-electron chi connectivity index (χ3n) is 3.90. The minimum Gasteiger partial charge on any atom is -0.494 e. The molecule has 0 fully saturated rings. The van der Waals surface area contributed by atoms with Crippen molar-refractivity contribution < 1.29 is 4.74 Å². The van der Waals surface area contributed by atoms with Gasteiger partial charge in [0.05, 0.1) is 24.2 Å². The van der Waals surface area contributed by atoms with Gasteiger partial charge in [-0.15, -0.1) is 5.11 Å². The highest BCUT2D eigenvalue weighted by molar-refractivity contribution is 5.58. The monoisotopic (exact) mass is 359 g/mol. The number of nitrogen functional groups attached to an aromatic ring is 1. The number of hydrogen-bond donors (Lipinski definition) is 1. The summed E-state index contributed by atoms with van der Waals surface area (Å²) >= 11 is 0. The van der Waals surface area contributed by atoms with Crippen LogP contribution < -0.4 is 10.5 Å². The Balaban J connectivity index is 1.74. The summed E-state index contributed by atoms with van der Waals surface area (Å²) in [5.41, 5.74) is 11.4. The molecule has 0 aromatic heterocycles. The van der Waals surface area contributed by atoms with E-state index < -0.39 is 0 Å². The van der Waals surface area contributed by atoms with Gasteiger partial charge >= 0.3 is 0 Å². The molecule has 0 spiro atoms. The number of methoxy groups -OCH3 is 1. The van der Waals surface area contributed by atoms with Gasteiger partial charge in [-0.05, 0) is 79.6 Å². The number of benzene rings is 3. The van der Waals surface area contributed by atoms with E-state index in [4.69, 9.17) is 10.5 Å². The van der Waals surface area contributed by atoms with Crippen molar-refractivity contribution in [1.82, 2.24) is 0 Å². The van der Waals surface area contributed by atoms with E-state index in [1.807, 2.05) is 56.3 Å². The van der Waals surface area contributed by atoms with Gasteiger partial charge in [-0.2, -0.15) is 15.3 Å². The smallest absolute Gasteiger partial charge is 0.149 e. The largest absolute Gasteiger partial charge is 0.494 e. The second kappa shape index (κ2) is 8.23. The summed E-state index contributed by atoms with van der Waals surface area (Å²) in [6.07, 6.45) is 0. The van der Waals surface area contributed by atoms with Gasteiger partial charge in [0.1, 0.15) is 11.4 Å². The number of azo groups is 2. The summed E-state index contributed by atoms with van der Waals surface area (Å²) in [5.74, 6) is 0.735. The van der Waals surface area contributed by atoms with E-state index in [0.29, 0.717) is 11.4 Å². The Hall–Kier alpha value is -3.54. The normalized spacial score (nSPS) is 11.4. The van der Waals surface area contributed by atoms with E-state index >= 15 is 0 Å². The molecular weight excluding hydrogens is 338 g/mol. The van der Waals surface area contributed by atoms with Crippen molar-refractivity contribution in [2.75, 3.05) is 12.8 Å². The molecule has 0 unspecified atom stereocenters. The first kappa shape index (κ1) is 18.3. The molecule has 0 heterocycles. The number of nitrogens with two attached hydrogens (primary N) is 1. The van der Waals surface area contributed by atoms with Gasteiger partial charge in [0.25, 0.3) is 0 Å². The molecule has 136 valence electrons. The molecule has 0 aliphatic rings. The van der Waals surface area contributed by atoms with Crippen LogP contribution in [0.2, 0.25) is 0 Å². The van der Waals surface area contributed by atoms with Gasteiger partial charge in [-0.25, -0.2) is 0 Å². The van der Waals surface area contributed by atoms with Crippen molar-refractivity contribution in [3.8, 4) is 5.75 Å². The summed E-state index contributed by atoms with van der Waals surface area (Å²) in [5, 5.41) is 17.0. The van der Waals surface area contributed by atoms with Crippen molar-refractivity contribution in [3.63, 3.8) is 0 Å². The summed E-state index contributed by atoms with van der Waals surface area (Å²) < 4.78 is 5.43. The van der Waals surface area contributed by atoms with Crippen LogP contribution in [0.15, 0.2) is 81.1 Å². The maximum atomic E-state index is 5.66. The highest BCUT2D eigenvalue weighted by Crippen LogP contribution is 2.33. The molecule has 3 rings (SSSR count). The van der Waals surface area contributed by atoms with Crippen molar-refractivity contribution >= 4 is 28.4 Å². The Morgan fingerprint density at radius 3 is 1.70 bits per heavy atom. The standard InChI is InChI=1S/C21H21N5O/c1-14-12-15(2)21(27-3)20(13-14)26-25-19-10-8-18(9-11-19)24-23-17-6-4-16(22)5-7-17/h4-13H,22H2,1-3H3. The van der Waals surface area contributed by atoms with E-state index in [0.717, 1.165) is 33.9 Å². The maximum Gasteiger partial charge on any atom is 0.149 e. The van der Waals surface area contributed by atoms with Crippen LogP contribution in [0.5, 0.6) is 5.75 Å². The summed E-state index contributed by atoms with van der Waals surface area (Å²) in [7, 11) is 1.64. The molecule has 0 atom stereocenters. The second-order valence-corrected chi connectivity index (χ2v) is 6.14. The number of hydrogen-bond acceptors (Lipinski definition) is 6. The highest BCUT2D eigenvalue weighted by Gasteiger charge is 2.06. The van der Waals surface area contributed by atoms with E-state index in [1.54, 1.807) is 19.2 Å². The zero-order valence-corrected chi connectivity index (χ0v) is 15.5. The third-order valence-corrected chi connectivity index (χ3v) is 3.90.